The minimum atomic E-state index is -0.730. The highest BCUT2D eigenvalue weighted by Crippen LogP contribution is 2.21. The molecule has 0 fully saturated rings. The van der Waals surface area contributed by atoms with Crippen LogP contribution in [0.3, 0.4) is 0 Å². The van der Waals surface area contributed by atoms with Crippen molar-refractivity contribution in [1.82, 2.24) is 24.5 Å². The average molecular weight is 417 g/mol. The lowest BCUT2D eigenvalue weighted by atomic mass is 10.1. The van der Waals surface area contributed by atoms with E-state index in [0.717, 1.165) is 22.0 Å². The van der Waals surface area contributed by atoms with Gasteiger partial charge in [0, 0.05) is 42.2 Å². The molecule has 4 aromatic heterocycles. The van der Waals surface area contributed by atoms with Gasteiger partial charge in [-0.1, -0.05) is 25.1 Å². The molecule has 8 nitrogen and oxygen atoms in total. The Balaban J connectivity index is 1.37. The molecule has 5 aromatic rings. The summed E-state index contributed by atoms with van der Waals surface area (Å²) in [5, 5.41) is 8.59. The molecule has 0 bridgehead atoms. The normalized spacial score (nSPS) is 12.7. The first-order valence-electron chi connectivity index (χ1n) is 10.4. The minimum Gasteiger partial charge on any atom is -0.463 e. The molecule has 1 atom stereocenters. The van der Waals surface area contributed by atoms with Crippen LogP contribution in [0.25, 0.3) is 27.5 Å². The summed E-state index contributed by atoms with van der Waals surface area (Å²) in [6.07, 6.45) is 4.86. The first-order chi connectivity index (χ1) is 15.1. The Bertz CT molecular complexity index is 1470. The van der Waals surface area contributed by atoms with Gasteiger partial charge >= 0.3 is 0 Å². The van der Waals surface area contributed by atoms with Crippen LogP contribution >= 0.6 is 0 Å². The number of furan rings is 1. The average Bonchev–Trinajstić information content (AvgIpc) is 3.49. The third-order valence-corrected chi connectivity index (χ3v) is 5.76. The van der Waals surface area contributed by atoms with Gasteiger partial charge in [0.25, 0.3) is 5.56 Å². The lowest BCUT2D eigenvalue weighted by Crippen LogP contribution is -2.39. The van der Waals surface area contributed by atoms with Crippen LogP contribution in [0.2, 0.25) is 0 Å². The maximum absolute atomic E-state index is 13.1. The van der Waals surface area contributed by atoms with E-state index in [2.05, 4.69) is 21.5 Å². The number of amides is 1. The molecular weight excluding hydrogens is 394 g/mol. The Kier molecular flexibility index (Phi) is 4.62. The van der Waals surface area contributed by atoms with Crippen molar-refractivity contribution in [2.75, 3.05) is 6.54 Å². The number of nitrogens with zero attached hydrogens (tertiary/aromatic N) is 3. The fourth-order valence-electron chi connectivity index (χ4n) is 4.10. The highest BCUT2D eigenvalue weighted by molar-refractivity contribution is 5.84. The SMILES string of the molecule is CCc1nn(C(C)C(=O)NCCc2c[nH]c3ccccc23)c(=O)c2cc3occc3n12. The number of aromatic amines is 1. The fraction of sp³-hybridized carbons (Fsp3) is 0.261. The molecule has 5 rings (SSSR count). The molecule has 0 aliphatic carbocycles. The molecule has 0 spiro atoms. The molecule has 0 aliphatic rings. The number of carbonyl (C=O) groups is 1. The molecule has 1 amide bonds. The molecule has 31 heavy (non-hydrogen) atoms. The predicted molar refractivity (Wildman–Crippen MR) is 118 cm³/mol. The number of carbonyl (C=O) groups excluding carboxylic acids is 1. The monoisotopic (exact) mass is 417 g/mol. The molecular formula is C23H23N5O3. The maximum Gasteiger partial charge on any atom is 0.291 e. The number of hydrogen-bond acceptors (Lipinski definition) is 4. The number of fused-ring (bicyclic) bond motifs is 4. The second-order valence-electron chi connectivity index (χ2n) is 7.63. The molecule has 0 saturated carbocycles. The number of aromatic nitrogens is 4. The first-order valence-corrected chi connectivity index (χ1v) is 10.4. The number of para-hydroxylation sites is 1. The summed E-state index contributed by atoms with van der Waals surface area (Å²) in [6, 6.07) is 10.9. The van der Waals surface area contributed by atoms with Crippen LogP contribution in [-0.2, 0) is 17.6 Å². The van der Waals surface area contributed by atoms with E-state index in [1.807, 2.05) is 37.4 Å². The second-order valence-corrected chi connectivity index (χ2v) is 7.63. The van der Waals surface area contributed by atoms with Gasteiger partial charge in [-0.15, -0.1) is 0 Å². The van der Waals surface area contributed by atoms with Gasteiger partial charge in [-0.2, -0.15) is 5.10 Å². The van der Waals surface area contributed by atoms with Crippen molar-refractivity contribution in [3.8, 4) is 0 Å². The largest absolute Gasteiger partial charge is 0.463 e. The highest BCUT2D eigenvalue weighted by Gasteiger charge is 2.22. The number of hydrogen-bond donors (Lipinski definition) is 2. The number of rotatable bonds is 6. The van der Waals surface area contributed by atoms with E-state index in [1.54, 1.807) is 23.7 Å². The lowest BCUT2D eigenvalue weighted by molar-refractivity contribution is -0.124. The van der Waals surface area contributed by atoms with Gasteiger partial charge in [-0.3, -0.25) is 14.0 Å². The summed E-state index contributed by atoms with van der Waals surface area (Å²) in [7, 11) is 0. The van der Waals surface area contributed by atoms with Crippen molar-refractivity contribution in [3.05, 3.63) is 70.6 Å². The predicted octanol–water partition coefficient (Wildman–Crippen LogP) is 3.21. The summed E-state index contributed by atoms with van der Waals surface area (Å²) < 4.78 is 8.52. The van der Waals surface area contributed by atoms with E-state index >= 15 is 0 Å². The molecule has 0 radical (unpaired) electrons. The number of benzene rings is 1. The van der Waals surface area contributed by atoms with Gasteiger partial charge < -0.3 is 14.7 Å². The molecule has 0 aliphatic heterocycles. The third kappa shape index (κ3) is 3.11. The van der Waals surface area contributed by atoms with E-state index in [9.17, 15) is 9.59 Å². The van der Waals surface area contributed by atoms with Gasteiger partial charge in [0.2, 0.25) is 5.91 Å². The van der Waals surface area contributed by atoms with Crippen molar-refractivity contribution in [1.29, 1.82) is 0 Å². The molecule has 4 heterocycles. The first kappa shape index (κ1) is 19.2. The van der Waals surface area contributed by atoms with Crippen molar-refractivity contribution in [2.45, 2.75) is 32.7 Å². The summed E-state index contributed by atoms with van der Waals surface area (Å²) in [4.78, 5) is 29.1. The molecule has 1 unspecified atom stereocenters. The Hall–Kier alpha value is -3.81. The molecule has 0 saturated heterocycles. The van der Waals surface area contributed by atoms with Gasteiger partial charge in [-0.25, -0.2) is 4.68 Å². The van der Waals surface area contributed by atoms with Crippen LogP contribution in [0.15, 0.2) is 58.1 Å². The summed E-state index contributed by atoms with van der Waals surface area (Å²) in [6.45, 7) is 4.13. The van der Waals surface area contributed by atoms with E-state index in [1.165, 1.54) is 4.68 Å². The Morgan fingerprint density at radius 1 is 1.26 bits per heavy atom. The second kappa shape index (κ2) is 7.46. The van der Waals surface area contributed by atoms with Crippen molar-refractivity contribution < 1.29 is 9.21 Å². The smallest absolute Gasteiger partial charge is 0.291 e. The summed E-state index contributed by atoms with van der Waals surface area (Å²) in [5.41, 5.74) is 3.79. The minimum absolute atomic E-state index is 0.240. The van der Waals surface area contributed by atoms with Crippen molar-refractivity contribution >= 4 is 33.4 Å². The van der Waals surface area contributed by atoms with Crippen LogP contribution in [0, 0.1) is 0 Å². The van der Waals surface area contributed by atoms with E-state index in [4.69, 9.17) is 4.42 Å². The Morgan fingerprint density at radius 3 is 2.94 bits per heavy atom. The maximum atomic E-state index is 13.1. The standard InChI is InChI=1S/C23H23N5O3/c1-3-21-26-28(23(30)19-12-20-18(27(19)21)9-11-31-20)14(2)22(29)24-10-8-15-13-25-17-7-5-4-6-16(15)17/h4-7,9,11-14,25H,3,8,10H2,1-2H3,(H,24,29). The zero-order valence-corrected chi connectivity index (χ0v) is 17.4. The number of aryl methyl sites for hydroxylation is 1. The number of H-pyrrole nitrogens is 1. The third-order valence-electron chi connectivity index (χ3n) is 5.76. The zero-order chi connectivity index (χ0) is 21.5. The Labute approximate surface area is 177 Å². The summed E-state index contributed by atoms with van der Waals surface area (Å²) in [5.74, 6) is 0.459. The zero-order valence-electron chi connectivity index (χ0n) is 17.4. The van der Waals surface area contributed by atoms with E-state index in [0.29, 0.717) is 36.3 Å². The summed E-state index contributed by atoms with van der Waals surface area (Å²) >= 11 is 0. The molecule has 8 heteroatoms. The Morgan fingerprint density at radius 2 is 2.10 bits per heavy atom. The number of nitrogens with one attached hydrogen (secondary N) is 2. The van der Waals surface area contributed by atoms with Gasteiger partial charge in [0.15, 0.2) is 5.58 Å². The molecule has 158 valence electrons. The van der Waals surface area contributed by atoms with Gasteiger partial charge in [0.05, 0.1) is 11.8 Å². The van der Waals surface area contributed by atoms with Gasteiger partial charge in [-0.05, 0) is 25.0 Å². The topological polar surface area (TPSA) is 97.3 Å². The van der Waals surface area contributed by atoms with Gasteiger partial charge in [0.1, 0.15) is 17.4 Å². The van der Waals surface area contributed by atoms with Crippen LogP contribution in [0.1, 0.15) is 31.3 Å². The van der Waals surface area contributed by atoms with Crippen LogP contribution in [-0.4, -0.2) is 31.6 Å². The van der Waals surface area contributed by atoms with Crippen molar-refractivity contribution in [3.63, 3.8) is 0 Å². The fourth-order valence-corrected chi connectivity index (χ4v) is 4.10. The van der Waals surface area contributed by atoms with Crippen LogP contribution in [0.5, 0.6) is 0 Å². The van der Waals surface area contributed by atoms with Crippen LogP contribution in [0.4, 0.5) is 0 Å². The molecule has 1 aromatic carbocycles. The van der Waals surface area contributed by atoms with Crippen molar-refractivity contribution in [2.24, 2.45) is 0 Å². The lowest BCUT2D eigenvalue weighted by Gasteiger charge is -2.16. The van der Waals surface area contributed by atoms with E-state index < -0.39 is 6.04 Å². The van der Waals surface area contributed by atoms with Crippen LogP contribution < -0.4 is 10.9 Å². The molecule has 2 N–H and O–H groups in total. The quantitative estimate of drug-likeness (QED) is 0.443. The highest BCUT2D eigenvalue weighted by atomic mass is 16.3. The van der Waals surface area contributed by atoms with E-state index in [-0.39, 0.29) is 11.5 Å².